The summed E-state index contributed by atoms with van der Waals surface area (Å²) in [6.45, 7) is 0.258. The second-order valence-corrected chi connectivity index (χ2v) is 7.61. The van der Waals surface area contributed by atoms with Gasteiger partial charge in [-0.15, -0.1) is 0 Å². The maximum absolute atomic E-state index is 13.0. The van der Waals surface area contributed by atoms with E-state index in [2.05, 4.69) is 10.4 Å². The highest BCUT2D eigenvalue weighted by Gasteiger charge is 2.20. The molecule has 4 rings (SSSR count). The highest BCUT2D eigenvalue weighted by Crippen LogP contribution is 2.35. The molecule has 2 heterocycles. The highest BCUT2D eigenvalue weighted by atomic mass is 35.5. The minimum Gasteiger partial charge on any atom is -0.495 e. The monoisotopic (exact) mass is 430 g/mol. The van der Waals surface area contributed by atoms with Crippen molar-refractivity contribution in [3.8, 4) is 11.5 Å². The number of carbonyl (C=O) groups excluding carboxylic acids is 1. The van der Waals surface area contributed by atoms with Crippen molar-refractivity contribution in [1.82, 2.24) is 14.2 Å². The molecule has 158 valence electrons. The van der Waals surface area contributed by atoms with Crippen molar-refractivity contribution >= 4 is 28.7 Å². The number of hydrogen-bond acceptors (Lipinski definition) is 5. The summed E-state index contributed by atoms with van der Waals surface area (Å²) in [5.41, 5.74) is 3.01. The van der Waals surface area contributed by atoms with Crippen molar-refractivity contribution in [2.24, 2.45) is 0 Å². The second-order valence-electron chi connectivity index (χ2n) is 7.21. The molecule has 1 aromatic carbocycles. The molecule has 0 radical (unpaired) electrons. The maximum Gasteiger partial charge on any atom is 0.276 e. The maximum atomic E-state index is 13.0. The molecule has 3 aromatic rings. The lowest BCUT2D eigenvalue weighted by molar-refractivity contribution is -0.116. The number of nitrogens with zero attached hydrogens (tertiary/aromatic N) is 3. The Morgan fingerprint density at radius 2 is 1.93 bits per heavy atom. The van der Waals surface area contributed by atoms with Gasteiger partial charge in [0.25, 0.3) is 5.56 Å². The van der Waals surface area contributed by atoms with Gasteiger partial charge >= 0.3 is 0 Å². The number of aromatic nitrogens is 3. The summed E-state index contributed by atoms with van der Waals surface area (Å²) in [4.78, 5) is 25.5. The van der Waals surface area contributed by atoms with Gasteiger partial charge < -0.3 is 19.4 Å². The van der Waals surface area contributed by atoms with E-state index in [0.717, 1.165) is 36.9 Å². The molecular weight excluding hydrogens is 408 g/mol. The number of ether oxygens (including phenoxy) is 2. The van der Waals surface area contributed by atoms with Gasteiger partial charge in [-0.1, -0.05) is 11.6 Å². The Balaban J connectivity index is 1.51. The third-order valence-electron chi connectivity index (χ3n) is 5.36. The smallest absolute Gasteiger partial charge is 0.276 e. The lowest BCUT2D eigenvalue weighted by Crippen LogP contribution is -2.25. The average molecular weight is 431 g/mol. The lowest BCUT2D eigenvalue weighted by atomic mass is 9.97. The number of halogens is 1. The van der Waals surface area contributed by atoms with Gasteiger partial charge in [-0.05, 0) is 25.7 Å². The minimum atomic E-state index is -0.250. The van der Waals surface area contributed by atoms with Crippen molar-refractivity contribution < 1.29 is 14.3 Å². The normalized spacial score (nSPS) is 13.2. The molecule has 0 fully saturated rings. The van der Waals surface area contributed by atoms with Gasteiger partial charge in [0.1, 0.15) is 17.0 Å². The number of nitrogens with one attached hydrogen (secondary N) is 1. The van der Waals surface area contributed by atoms with Crippen LogP contribution in [0.25, 0.3) is 5.52 Å². The molecule has 1 aliphatic carbocycles. The topological polar surface area (TPSA) is 86.9 Å². The predicted octanol–water partition coefficient (Wildman–Crippen LogP) is 3.07. The number of carbonyl (C=O) groups is 1. The summed E-state index contributed by atoms with van der Waals surface area (Å²) in [5.74, 6) is 0.610. The average Bonchev–Trinajstić information content (AvgIpc) is 3.13. The van der Waals surface area contributed by atoms with Gasteiger partial charge in [0.2, 0.25) is 5.91 Å². The molecule has 1 aliphatic rings. The first-order chi connectivity index (χ1) is 14.5. The molecular formula is C21H23ClN4O4. The van der Waals surface area contributed by atoms with Crippen LogP contribution in [-0.2, 0) is 24.2 Å². The van der Waals surface area contributed by atoms with Crippen molar-refractivity contribution in [2.45, 2.75) is 38.6 Å². The van der Waals surface area contributed by atoms with E-state index >= 15 is 0 Å². The van der Waals surface area contributed by atoms with Crippen molar-refractivity contribution in [2.75, 3.05) is 19.5 Å². The molecule has 0 saturated heterocycles. The van der Waals surface area contributed by atoms with Gasteiger partial charge in [-0.25, -0.2) is 4.52 Å². The van der Waals surface area contributed by atoms with Gasteiger partial charge in [-0.2, -0.15) is 5.10 Å². The fourth-order valence-corrected chi connectivity index (χ4v) is 4.06. The molecule has 30 heavy (non-hydrogen) atoms. The lowest BCUT2D eigenvalue weighted by Gasteiger charge is -2.13. The number of benzene rings is 1. The summed E-state index contributed by atoms with van der Waals surface area (Å²) < 4.78 is 13.7. The molecule has 0 saturated carbocycles. The summed E-state index contributed by atoms with van der Waals surface area (Å²) >= 11 is 6.10. The zero-order valence-electron chi connectivity index (χ0n) is 16.9. The highest BCUT2D eigenvalue weighted by molar-refractivity contribution is 6.32. The molecule has 0 spiro atoms. The minimum absolute atomic E-state index is 0.119. The number of hydrogen-bond donors (Lipinski definition) is 1. The van der Waals surface area contributed by atoms with E-state index in [1.165, 1.54) is 14.2 Å². The van der Waals surface area contributed by atoms with Crippen molar-refractivity contribution in [3.63, 3.8) is 0 Å². The van der Waals surface area contributed by atoms with Crippen LogP contribution in [0.1, 0.15) is 30.5 Å². The first kappa shape index (κ1) is 20.3. The Labute approximate surface area is 178 Å². The van der Waals surface area contributed by atoms with Crippen molar-refractivity contribution in [1.29, 1.82) is 0 Å². The molecule has 1 amide bonds. The second kappa shape index (κ2) is 8.39. The van der Waals surface area contributed by atoms with Gasteiger partial charge in [0, 0.05) is 43.1 Å². The zero-order chi connectivity index (χ0) is 21.3. The summed E-state index contributed by atoms with van der Waals surface area (Å²) in [6, 6.07) is 3.19. The Kier molecular flexibility index (Phi) is 5.67. The van der Waals surface area contributed by atoms with E-state index in [9.17, 15) is 9.59 Å². The van der Waals surface area contributed by atoms with Crippen LogP contribution in [0, 0.1) is 0 Å². The largest absolute Gasteiger partial charge is 0.495 e. The standard InChI is InChI=1S/C21H23ClN4O4/c1-29-17-12-16(18(30-2)11-14(17)22)23-19(27)7-8-25-9-10-26-20(21(25)28)13-5-3-4-6-15(13)24-26/h9-12H,3-8H2,1-2H3,(H,23,27). The third-order valence-corrected chi connectivity index (χ3v) is 5.66. The SMILES string of the molecule is COc1cc(NC(=O)CCn2ccn3nc4c(c3c2=O)CCCC4)c(OC)cc1Cl. The summed E-state index contributed by atoms with van der Waals surface area (Å²) in [6.07, 6.45) is 7.53. The first-order valence-electron chi connectivity index (χ1n) is 9.82. The number of fused-ring (bicyclic) bond motifs is 3. The molecule has 0 bridgehead atoms. The van der Waals surface area contributed by atoms with E-state index in [0.29, 0.717) is 27.7 Å². The van der Waals surface area contributed by atoms with Crippen LogP contribution in [0.15, 0.2) is 29.3 Å². The van der Waals surface area contributed by atoms with E-state index in [1.54, 1.807) is 33.6 Å². The van der Waals surface area contributed by atoms with Gasteiger partial charge in [0.15, 0.2) is 0 Å². The van der Waals surface area contributed by atoms with Gasteiger partial charge in [0.05, 0.1) is 30.6 Å². The Morgan fingerprint density at radius 3 is 2.70 bits per heavy atom. The number of amides is 1. The first-order valence-corrected chi connectivity index (χ1v) is 10.2. The van der Waals surface area contributed by atoms with Crippen LogP contribution in [0.3, 0.4) is 0 Å². The number of anilines is 1. The molecule has 0 unspecified atom stereocenters. The fraction of sp³-hybridized carbons (Fsp3) is 0.381. The quantitative estimate of drug-likeness (QED) is 0.649. The summed E-state index contributed by atoms with van der Waals surface area (Å²) in [7, 11) is 2.99. The van der Waals surface area contributed by atoms with Crippen LogP contribution >= 0.6 is 11.6 Å². The number of rotatable bonds is 6. The molecule has 0 atom stereocenters. The fourth-order valence-electron chi connectivity index (χ4n) is 3.82. The van der Waals surface area contributed by atoms with Crippen LogP contribution in [0.5, 0.6) is 11.5 Å². The van der Waals surface area contributed by atoms with E-state index in [4.69, 9.17) is 21.1 Å². The molecule has 2 aromatic heterocycles. The molecule has 0 aliphatic heterocycles. The Hall–Kier alpha value is -3.00. The Morgan fingerprint density at radius 1 is 1.17 bits per heavy atom. The van der Waals surface area contributed by atoms with E-state index < -0.39 is 0 Å². The predicted molar refractivity (Wildman–Crippen MR) is 114 cm³/mol. The summed E-state index contributed by atoms with van der Waals surface area (Å²) in [5, 5.41) is 7.72. The molecule has 8 nitrogen and oxygen atoms in total. The zero-order valence-corrected chi connectivity index (χ0v) is 17.7. The Bertz CT molecular complexity index is 1170. The third kappa shape index (κ3) is 3.75. The molecule has 9 heteroatoms. The number of aryl methyl sites for hydroxylation is 3. The van der Waals surface area contributed by atoms with Crippen LogP contribution < -0.4 is 20.3 Å². The van der Waals surface area contributed by atoms with Crippen LogP contribution in [0.2, 0.25) is 5.02 Å². The van der Waals surface area contributed by atoms with E-state index in [1.807, 2.05) is 0 Å². The number of methoxy groups -OCH3 is 2. The van der Waals surface area contributed by atoms with Crippen molar-refractivity contribution in [3.05, 3.63) is 51.2 Å². The van der Waals surface area contributed by atoms with Crippen LogP contribution in [0.4, 0.5) is 5.69 Å². The molecule has 1 N–H and O–H groups in total. The van der Waals surface area contributed by atoms with Gasteiger partial charge in [-0.3, -0.25) is 9.59 Å². The van der Waals surface area contributed by atoms with E-state index in [-0.39, 0.29) is 24.4 Å². The van der Waals surface area contributed by atoms with Crippen LogP contribution in [-0.4, -0.2) is 34.3 Å².